The summed E-state index contributed by atoms with van der Waals surface area (Å²) in [6.07, 6.45) is 1.68. The number of esters is 1. The van der Waals surface area contributed by atoms with Gasteiger partial charge in [-0.25, -0.2) is 4.79 Å². The number of anilines is 1. The molecule has 1 heterocycles. The van der Waals surface area contributed by atoms with E-state index in [-0.39, 0.29) is 0 Å². The molecule has 0 aromatic heterocycles. The molecule has 30 heavy (non-hydrogen) atoms. The van der Waals surface area contributed by atoms with Crippen LogP contribution in [-0.2, 0) is 19.1 Å². The van der Waals surface area contributed by atoms with Crippen LogP contribution in [0.5, 0.6) is 11.5 Å². The zero-order valence-corrected chi connectivity index (χ0v) is 17.1. The molecule has 1 atom stereocenters. The van der Waals surface area contributed by atoms with Gasteiger partial charge in [-0.1, -0.05) is 12.8 Å². The fourth-order valence-electron chi connectivity index (χ4n) is 3.71. The van der Waals surface area contributed by atoms with Crippen molar-refractivity contribution in [3.8, 4) is 11.5 Å². The van der Waals surface area contributed by atoms with Gasteiger partial charge in [0.25, 0.3) is 11.8 Å². The van der Waals surface area contributed by atoms with Crippen LogP contribution < -0.4 is 20.1 Å². The maximum Gasteiger partial charge on any atom is 0.327 e. The van der Waals surface area contributed by atoms with Crippen LogP contribution >= 0.6 is 0 Å². The van der Waals surface area contributed by atoms with Gasteiger partial charge in [0, 0.05) is 11.8 Å². The van der Waals surface area contributed by atoms with Crippen molar-refractivity contribution in [2.24, 2.45) is 0 Å². The lowest BCUT2D eigenvalue weighted by Crippen LogP contribution is -2.44. The molecule has 10 nitrogen and oxygen atoms in total. The van der Waals surface area contributed by atoms with Gasteiger partial charge < -0.3 is 24.8 Å². The van der Waals surface area contributed by atoms with Crippen molar-refractivity contribution in [3.05, 3.63) is 18.2 Å². The van der Waals surface area contributed by atoms with Crippen LogP contribution in [0, 0.1) is 0 Å². The number of urea groups is 1. The molecule has 1 saturated carbocycles. The normalized spacial score (nSPS) is 18.2. The number of amides is 4. The van der Waals surface area contributed by atoms with Gasteiger partial charge in [0.1, 0.15) is 12.1 Å². The van der Waals surface area contributed by atoms with Gasteiger partial charge in [-0.3, -0.25) is 19.3 Å². The first-order chi connectivity index (χ1) is 14.3. The molecule has 2 N–H and O–H groups in total. The summed E-state index contributed by atoms with van der Waals surface area (Å²) in [6, 6.07) is 4.20. The second-order valence-corrected chi connectivity index (χ2v) is 7.30. The van der Waals surface area contributed by atoms with Crippen molar-refractivity contribution >= 4 is 29.5 Å². The molecule has 0 bridgehead atoms. The molecule has 2 fully saturated rings. The third-order valence-corrected chi connectivity index (χ3v) is 5.32. The molecule has 4 amide bonds. The lowest BCUT2D eigenvalue weighted by Gasteiger charge is -2.20. The molecule has 0 unspecified atom stereocenters. The maximum atomic E-state index is 12.6. The van der Waals surface area contributed by atoms with E-state index in [1.807, 2.05) is 0 Å². The van der Waals surface area contributed by atoms with Gasteiger partial charge in [-0.15, -0.1) is 0 Å². The smallest absolute Gasteiger partial charge is 0.327 e. The van der Waals surface area contributed by atoms with Crippen molar-refractivity contribution in [3.63, 3.8) is 0 Å². The average Bonchev–Trinajstić information content (AvgIpc) is 3.28. The first-order valence-corrected chi connectivity index (χ1v) is 9.66. The minimum atomic E-state index is -1.13. The van der Waals surface area contributed by atoms with Crippen LogP contribution in [0.15, 0.2) is 18.2 Å². The molecule has 2 aliphatic rings. The summed E-state index contributed by atoms with van der Waals surface area (Å²) in [5.41, 5.74) is -0.467. The monoisotopic (exact) mass is 419 g/mol. The standard InChI is InChI=1S/C20H25N3O7/c1-12(17(25)21-13-6-7-14(28-2)15(10-13)29-3)30-16(24)11-23-18(26)20(22-19(23)27)8-4-5-9-20/h6-7,10,12H,4-5,8-9,11H2,1-3H3,(H,21,25)(H,22,27)/t12-/m0/s1. The summed E-state index contributed by atoms with van der Waals surface area (Å²) < 4.78 is 15.4. The predicted molar refractivity (Wildman–Crippen MR) is 105 cm³/mol. The van der Waals surface area contributed by atoms with E-state index < -0.39 is 42.0 Å². The number of hydrogen-bond acceptors (Lipinski definition) is 7. The Hall–Kier alpha value is -3.30. The molecule has 1 aliphatic carbocycles. The number of nitrogens with one attached hydrogen (secondary N) is 2. The number of methoxy groups -OCH3 is 2. The lowest BCUT2D eigenvalue weighted by molar-refractivity contribution is -0.155. The summed E-state index contributed by atoms with van der Waals surface area (Å²) in [7, 11) is 2.97. The van der Waals surface area contributed by atoms with Crippen molar-refractivity contribution in [2.45, 2.75) is 44.2 Å². The van der Waals surface area contributed by atoms with Crippen LogP contribution in [0.1, 0.15) is 32.6 Å². The van der Waals surface area contributed by atoms with Crippen molar-refractivity contribution in [1.82, 2.24) is 10.2 Å². The molecule has 0 radical (unpaired) electrons. The second kappa shape index (κ2) is 8.60. The molecular formula is C20H25N3O7. The Labute approximate surface area is 173 Å². The fraction of sp³-hybridized carbons (Fsp3) is 0.500. The molecule has 10 heteroatoms. The van der Waals surface area contributed by atoms with Crippen LogP contribution in [-0.4, -0.2) is 61.1 Å². The van der Waals surface area contributed by atoms with E-state index >= 15 is 0 Å². The highest BCUT2D eigenvalue weighted by molar-refractivity contribution is 6.09. The van der Waals surface area contributed by atoms with Gasteiger partial charge in [-0.2, -0.15) is 0 Å². The molecule has 1 aromatic carbocycles. The van der Waals surface area contributed by atoms with E-state index in [9.17, 15) is 19.2 Å². The van der Waals surface area contributed by atoms with E-state index in [4.69, 9.17) is 14.2 Å². The Kier molecular flexibility index (Phi) is 6.14. The summed E-state index contributed by atoms with van der Waals surface area (Å²) in [6.45, 7) is 0.860. The minimum Gasteiger partial charge on any atom is -0.493 e. The summed E-state index contributed by atoms with van der Waals surface area (Å²) >= 11 is 0. The van der Waals surface area contributed by atoms with E-state index in [1.54, 1.807) is 18.2 Å². The first kappa shape index (κ1) is 21.4. The van der Waals surface area contributed by atoms with Gasteiger partial charge >= 0.3 is 12.0 Å². The Morgan fingerprint density at radius 1 is 1.17 bits per heavy atom. The molecule has 1 saturated heterocycles. The van der Waals surface area contributed by atoms with Gasteiger partial charge in [0.15, 0.2) is 17.6 Å². The fourth-order valence-corrected chi connectivity index (χ4v) is 3.71. The van der Waals surface area contributed by atoms with Crippen LogP contribution in [0.3, 0.4) is 0 Å². The Balaban J connectivity index is 1.56. The van der Waals surface area contributed by atoms with Crippen molar-refractivity contribution in [2.75, 3.05) is 26.1 Å². The van der Waals surface area contributed by atoms with Crippen molar-refractivity contribution in [1.29, 1.82) is 0 Å². The summed E-state index contributed by atoms with van der Waals surface area (Å²) in [4.78, 5) is 50.2. The molecule has 1 spiro atoms. The van der Waals surface area contributed by atoms with Crippen LogP contribution in [0.25, 0.3) is 0 Å². The van der Waals surface area contributed by atoms with E-state index in [0.29, 0.717) is 30.0 Å². The minimum absolute atomic E-state index is 0.413. The zero-order valence-electron chi connectivity index (χ0n) is 17.1. The Morgan fingerprint density at radius 3 is 2.47 bits per heavy atom. The number of benzene rings is 1. The number of carbonyl (C=O) groups excluding carboxylic acids is 4. The third kappa shape index (κ3) is 4.17. The predicted octanol–water partition coefficient (Wildman–Crippen LogP) is 1.44. The molecular weight excluding hydrogens is 394 g/mol. The van der Waals surface area contributed by atoms with Gasteiger partial charge in [0.2, 0.25) is 0 Å². The van der Waals surface area contributed by atoms with Crippen molar-refractivity contribution < 1.29 is 33.4 Å². The third-order valence-electron chi connectivity index (χ3n) is 5.32. The zero-order chi connectivity index (χ0) is 21.9. The molecule has 3 rings (SSSR count). The van der Waals surface area contributed by atoms with E-state index in [0.717, 1.165) is 17.7 Å². The summed E-state index contributed by atoms with van der Waals surface area (Å²) in [5, 5.41) is 5.30. The van der Waals surface area contributed by atoms with E-state index in [2.05, 4.69) is 10.6 Å². The van der Waals surface area contributed by atoms with Gasteiger partial charge in [0.05, 0.1) is 14.2 Å². The second-order valence-electron chi connectivity index (χ2n) is 7.30. The Morgan fingerprint density at radius 2 is 1.83 bits per heavy atom. The number of rotatable bonds is 7. The molecule has 1 aliphatic heterocycles. The van der Waals surface area contributed by atoms with Gasteiger partial charge in [-0.05, 0) is 31.9 Å². The summed E-state index contributed by atoms with van der Waals surface area (Å²) in [5.74, 6) is -0.893. The molecule has 1 aromatic rings. The maximum absolute atomic E-state index is 12.6. The number of nitrogens with zero attached hydrogens (tertiary/aromatic N) is 1. The van der Waals surface area contributed by atoms with E-state index in [1.165, 1.54) is 21.1 Å². The van der Waals surface area contributed by atoms with Crippen LogP contribution in [0.4, 0.5) is 10.5 Å². The Bertz CT molecular complexity index is 864. The average molecular weight is 419 g/mol. The topological polar surface area (TPSA) is 123 Å². The number of carbonyl (C=O) groups is 4. The number of imide groups is 1. The lowest BCUT2D eigenvalue weighted by atomic mass is 9.98. The highest BCUT2D eigenvalue weighted by Crippen LogP contribution is 2.35. The van der Waals surface area contributed by atoms with Crippen LogP contribution in [0.2, 0.25) is 0 Å². The largest absolute Gasteiger partial charge is 0.493 e. The quantitative estimate of drug-likeness (QED) is 0.506. The number of ether oxygens (including phenoxy) is 3. The highest BCUT2D eigenvalue weighted by atomic mass is 16.5. The number of hydrogen-bond donors (Lipinski definition) is 2. The first-order valence-electron chi connectivity index (χ1n) is 9.66. The molecule has 162 valence electrons. The highest BCUT2D eigenvalue weighted by Gasteiger charge is 2.52. The SMILES string of the molecule is COc1ccc(NC(=O)[C@H](C)OC(=O)CN2C(=O)NC3(CCCC3)C2=O)cc1OC.